The molecular formula is C16H25N3O2. The lowest BCUT2D eigenvalue weighted by atomic mass is 10.1. The largest absolute Gasteiger partial charge is 0.389 e. The number of carbonyl (C=O) groups excluding carboxylic acids is 1. The van der Waals surface area contributed by atoms with Crippen LogP contribution >= 0.6 is 0 Å². The molecule has 1 fully saturated rings. The Labute approximate surface area is 126 Å². The van der Waals surface area contributed by atoms with Gasteiger partial charge in [-0.3, -0.25) is 9.69 Å². The Hall–Kier alpha value is -1.59. The number of aliphatic hydroxyl groups is 1. The normalized spacial score (nSPS) is 16.9. The second-order valence-electron chi connectivity index (χ2n) is 6.21. The molecule has 5 heteroatoms. The van der Waals surface area contributed by atoms with Gasteiger partial charge in [0.2, 0.25) is 0 Å². The molecule has 2 N–H and O–H groups in total. The molecule has 0 radical (unpaired) electrons. The van der Waals surface area contributed by atoms with Gasteiger partial charge in [0.1, 0.15) is 0 Å². The third kappa shape index (κ3) is 4.44. The number of hydrogen-bond acceptors (Lipinski definition) is 4. The van der Waals surface area contributed by atoms with Crippen LogP contribution in [0.5, 0.6) is 0 Å². The SMILES string of the molecule is CNc1ccc(C(=O)N2CCN(CC(C)(C)O)CC2)cc1. The number of hydrogen-bond donors (Lipinski definition) is 2. The molecule has 1 aliphatic rings. The summed E-state index contributed by atoms with van der Waals surface area (Å²) in [6.45, 7) is 7.31. The average Bonchev–Trinajstić information content (AvgIpc) is 2.46. The summed E-state index contributed by atoms with van der Waals surface area (Å²) in [5, 5.41) is 12.9. The van der Waals surface area contributed by atoms with Crippen LogP contribution in [-0.2, 0) is 0 Å². The van der Waals surface area contributed by atoms with Crippen molar-refractivity contribution >= 4 is 11.6 Å². The molecule has 21 heavy (non-hydrogen) atoms. The second-order valence-corrected chi connectivity index (χ2v) is 6.21. The van der Waals surface area contributed by atoms with Gasteiger partial charge in [-0.25, -0.2) is 0 Å². The molecule has 0 unspecified atom stereocenters. The number of anilines is 1. The van der Waals surface area contributed by atoms with Crippen LogP contribution in [-0.4, -0.2) is 66.2 Å². The van der Waals surface area contributed by atoms with Gasteiger partial charge < -0.3 is 15.3 Å². The fourth-order valence-electron chi connectivity index (χ4n) is 2.62. The van der Waals surface area contributed by atoms with Crippen LogP contribution in [0.25, 0.3) is 0 Å². The van der Waals surface area contributed by atoms with Crippen molar-refractivity contribution in [3.63, 3.8) is 0 Å². The molecule has 116 valence electrons. The summed E-state index contributed by atoms with van der Waals surface area (Å²) in [5.41, 5.74) is 1.04. The van der Waals surface area contributed by atoms with E-state index in [9.17, 15) is 9.90 Å². The summed E-state index contributed by atoms with van der Waals surface area (Å²) in [4.78, 5) is 16.5. The zero-order chi connectivity index (χ0) is 15.5. The van der Waals surface area contributed by atoms with Crippen LogP contribution in [0.15, 0.2) is 24.3 Å². The molecule has 1 aromatic carbocycles. The highest BCUT2D eigenvalue weighted by Gasteiger charge is 2.25. The number of piperazine rings is 1. The number of nitrogens with one attached hydrogen (secondary N) is 1. The quantitative estimate of drug-likeness (QED) is 0.877. The number of nitrogens with zero attached hydrogens (tertiary/aromatic N) is 2. The van der Waals surface area contributed by atoms with Crippen molar-refractivity contribution in [1.29, 1.82) is 0 Å². The molecule has 1 amide bonds. The van der Waals surface area contributed by atoms with Crippen molar-refractivity contribution in [3.8, 4) is 0 Å². The predicted molar refractivity (Wildman–Crippen MR) is 84.6 cm³/mol. The van der Waals surface area contributed by atoms with Crippen molar-refractivity contribution in [2.45, 2.75) is 19.4 Å². The molecule has 2 rings (SSSR count). The molecule has 0 saturated carbocycles. The van der Waals surface area contributed by atoms with E-state index in [1.54, 1.807) is 0 Å². The van der Waals surface area contributed by atoms with Gasteiger partial charge in [-0.2, -0.15) is 0 Å². The summed E-state index contributed by atoms with van der Waals surface area (Å²) < 4.78 is 0. The van der Waals surface area contributed by atoms with Gasteiger partial charge in [-0.15, -0.1) is 0 Å². The molecule has 0 aromatic heterocycles. The third-order valence-electron chi connectivity index (χ3n) is 3.69. The molecule has 1 aliphatic heterocycles. The second kappa shape index (κ2) is 6.45. The number of amides is 1. The monoisotopic (exact) mass is 291 g/mol. The first-order chi connectivity index (χ1) is 9.89. The smallest absolute Gasteiger partial charge is 0.253 e. The lowest BCUT2D eigenvalue weighted by Gasteiger charge is -2.37. The maximum Gasteiger partial charge on any atom is 0.253 e. The molecule has 0 atom stereocenters. The zero-order valence-electron chi connectivity index (χ0n) is 13.1. The number of carbonyl (C=O) groups is 1. The van der Waals surface area contributed by atoms with E-state index in [-0.39, 0.29) is 5.91 Å². The standard InChI is InChI=1S/C16H25N3O2/c1-16(2,21)12-18-8-10-19(11-9-18)15(20)13-4-6-14(17-3)7-5-13/h4-7,17,21H,8-12H2,1-3H3. The van der Waals surface area contributed by atoms with Crippen molar-refractivity contribution in [2.24, 2.45) is 0 Å². The molecule has 0 spiro atoms. The van der Waals surface area contributed by atoms with Gasteiger partial charge >= 0.3 is 0 Å². The van der Waals surface area contributed by atoms with Crippen LogP contribution in [0.2, 0.25) is 0 Å². The summed E-state index contributed by atoms with van der Waals surface area (Å²) in [6.07, 6.45) is 0. The van der Waals surface area contributed by atoms with Crippen LogP contribution in [0.4, 0.5) is 5.69 Å². The van der Waals surface area contributed by atoms with E-state index >= 15 is 0 Å². The van der Waals surface area contributed by atoms with Gasteiger partial charge in [-0.05, 0) is 38.1 Å². The Bertz CT molecular complexity index is 471. The van der Waals surface area contributed by atoms with E-state index in [0.29, 0.717) is 19.6 Å². The zero-order valence-corrected chi connectivity index (χ0v) is 13.1. The fraction of sp³-hybridized carbons (Fsp3) is 0.562. The highest BCUT2D eigenvalue weighted by Crippen LogP contribution is 2.14. The number of rotatable bonds is 4. The Balaban J connectivity index is 1.90. The van der Waals surface area contributed by atoms with Crippen LogP contribution in [0, 0.1) is 0 Å². The van der Waals surface area contributed by atoms with Crippen LogP contribution in [0.3, 0.4) is 0 Å². The minimum absolute atomic E-state index is 0.0839. The van der Waals surface area contributed by atoms with Gasteiger partial charge in [0.05, 0.1) is 5.60 Å². The first-order valence-electron chi connectivity index (χ1n) is 7.41. The van der Waals surface area contributed by atoms with Gasteiger partial charge in [0, 0.05) is 51.0 Å². The maximum absolute atomic E-state index is 12.4. The highest BCUT2D eigenvalue weighted by molar-refractivity contribution is 5.94. The van der Waals surface area contributed by atoms with E-state index in [1.807, 2.05) is 50.1 Å². The van der Waals surface area contributed by atoms with Gasteiger partial charge in [0.25, 0.3) is 5.91 Å². The minimum atomic E-state index is -0.685. The molecule has 0 aliphatic carbocycles. The highest BCUT2D eigenvalue weighted by atomic mass is 16.3. The van der Waals surface area contributed by atoms with E-state index in [4.69, 9.17) is 0 Å². The minimum Gasteiger partial charge on any atom is -0.389 e. The molecular weight excluding hydrogens is 266 g/mol. The lowest BCUT2D eigenvalue weighted by Crippen LogP contribution is -2.51. The Morgan fingerprint density at radius 1 is 1.19 bits per heavy atom. The lowest BCUT2D eigenvalue weighted by molar-refractivity contribution is 0.0178. The molecule has 5 nitrogen and oxygen atoms in total. The predicted octanol–water partition coefficient (Wildman–Crippen LogP) is 1.26. The van der Waals surface area contributed by atoms with E-state index in [1.165, 1.54) is 0 Å². The molecule has 0 bridgehead atoms. The molecule has 1 saturated heterocycles. The van der Waals surface area contributed by atoms with Crippen LogP contribution in [0.1, 0.15) is 24.2 Å². The van der Waals surface area contributed by atoms with Crippen LogP contribution < -0.4 is 5.32 Å². The third-order valence-corrected chi connectivity index (χ3v) is 3.69. The van der Waals surface area contributed by atoms with Crippen molar-refractivity contribution < 1.29 is 9.90 Å². The average molecular weight is 291 g/mol. The van der Waals surface area contributed by atoms with Crippen molar-refractivity contribution in [2.75, 3.05) is 45.1 Å². The Kier molecular flexibility index (Phi) is 4.85. The summed E-state index contributed by atoms with van der Waals surface area (Å²) in [5.74, 6) is 0.0839. The van der Waals surface area contributed by atoms with Crippen molar-refractivity contribution in [1.82, 2.24) is 9.80 Å². The fourth-order valence-corrected chi connectivity index (χ4v) is 2.62. The maximum atomic E-state index is 12.4. The van der Waals surface area contributed by atoms with E-state index in [0.717, 1.165) is 24.3 Å². The summed E-state index contributed by atoms with van der Waals surface area (Å²) in [6, 6.07) is 7.55. The van der Waals surface area contributed by atoms with Crippen molar-refractivity contribution in [3.05, 3.63) is 29.8 Å². The summed E-state index contributed by atoms with van der Waals surface area (Å²) in [7, 11) is 1.86. The van der Waals surface area contributed by atoms with E-state index < -0.39 is 5.60 Å². The topological polar surface area (TPSA) is 55.8 Å². The number of β-amino-alcohol motifs (C(OH)–C–C–N with tert-alkyl or cyclic N) is 1. The Morgan fingerprint density at radius 3 is 2.24 bits per heavy atom. The van der Waals surface area contributed by atoms with E-state index in [2.05, 4.69) is 10.2 Å². The van der Waals surface area contributed by atoms with Gasteiger partial charge in [0.15, 0.2) is 0 Å². The summed E-state index contributed by atoms with van der Waals surface area (Å²) >= 11 is 0. The van der Waals surface area contributed by atoms with Gasteiger partial charge in [-0.1, -0.05) is 0 Å². The first-order valence-corrected chi connectivity index (χ1v) is 7.41. The first kappa shape index (κ1) is 15.8. The Morgan fingerprint density at radius 2 is 1.76 bits per heavy atom. The number of benzene rings is 1. The molecule has 1 heterocycles. The molecule has 1 aromatic rings.